The van der Waals surface area contributed by atoms with E-state index in [0.29, 0.717) is 50.1 Å². The number of aliphatic hydroxyl groups excluding tert-OH is 2. The minimum atomic E-state index is -1.17. The van der Waals surface area contributed by atoms with E-state index in [2.05, 4.69) is 0 Å². The summed E-state index contributed by atoms with van der Waals surface area (Å²) in [5, 5.41) is 29.8. The van der Waals surface area contributed by atoms with Gasteiger partial charge in [0.05, 0.1) is 18.8 Å². The minimum absolute atomic E-state index is 0.0766. The Kier molecular flexibility index (Phi) is 4.84. The van der Waals surface area contributed by atoms with E-state index < -0.39 is 18.5 Å². The number of hydrogen-bond donors (Lipinski definition) is 3. The predicted molar refractivity (Wildman–Crippen MR) is 110 cm³/mol. The summed E-state index contributed by atoms with van der Waals surface area (Å²) >= 11 is 0. The molecule has 0 bridgehead atoms. The van der Waals surface area contributed by atoms with E-state index in [1.165, 1.54) is 0 Å². The molecule has 0 saturated carbocycles. The lowest BCUT2D eigenvalue weighted by molar-refractivity contribution is -0.139. The molecule has 5 rings (SSSR count). The number of carboxylic acids is 1. The Morgan fingerprint density at radius 1 is 0.938 bits per heavy atom. The van der Waals surface area contributed by atoms with Crippen LogP contribution in [0.3, 0.4) is 0 Å². The summed E-state index contributed by atoms with van der Waals surface area (Å²) < 4.78 is 21.7. The van der Waals surface area contributed by atoms with E-state index in [-0.39, 0.29) is 37.9 Å². The van der Waals surface area contributed by atoms with Gasteiger partial charge in [-0.2, -0.15) is 0 Å². The van der Waals surface area contributed by atoms with Crippen molar-refractivity contribution in [3.8, 4) is 28.4 Å². The molecule has 9 nitrogen and oxygen atoms in total. The van der Waals surface area contributed by atoms with Crippen molar-refractivity contribution < 1.29 is 43.9 Å². The molecule has 3 N–H and O–H groups in total. The van der Waals surface area contributed by atoms with Crippen LogP contribution in [-0.2, 0) is 29.4 Å². The number of cyclic esters (lactones) is 1. The monoisotopic (exact) mass is 438 g/mol. The van der Waals surface area contributed by atoms with Gasteiger partial charge >= 0.3 is 11.9 Å². The Bertz CT molecular complexity index is 1280. The van der Waals surface area contributed by atoms with Crippen molar-refractivity contribution in [2.75, 3.05) is 13.4 Å². The van der Waals surface area contributed by atoms with Gasteiger partial charge in [0.25, 0.3) is 0 Å². The van der Waals surface area contributed by atoms with E-state index in [9.17, 15) is 19.8 Å². The highest BCUT2D eigenvalue weighted by Crippen LogP contribution is 2.47. The lowest BCUT2D eigenvalue weighted by Crippen LogP contribution is -2.12. The number of ether oxygens (including phenoxy) is 4. The van der Waals surface area contributed by atoms with E-state index >= 15 is 0 Å². The predicted octanol–water partition coefficient (Wildman–Crippen LogP) is 2.35. The zero-order chi connectivity index (χ0) is 22.4. The van der Waals surface area contributed by atoms with Crippen molar-refractivity contribution >= 4 is 22.7 Å². The van der Waals surface area contributed by atoms with E-state index in [1.807, 2.05) is 0 Å². The molecule has 0 aromatic heterocycles. The smallest absolute Gasteiger partial charge is 0.341 e. The number of benzene rings is 3. The van der Waals surface area contributed by atoms with E-state index in [0.717, 1.165) is 0 Å². The van der Waals surface area contributed by atoms with Crippen LogP contribution < -0.4 is 14.2 Å². The molecule has 9 heteroatoms. The summed E-state index contributed by atoms with van der Waals surface area (Å²) in [6, 6.07) is 8.57. The molecular weight excluding hydrogens is 420 g/mol. The first-order chi connectivity index (χ1) is 15.5. The second-order valence-corrected chi connectivity index (χ2v) is 7.37. The SMILES string of the molecule is O=C(O)COc1c2c(c(-c3ccc4c(c3)OCO4)c3cc(CO)c(CO)cc13)C(=O)OC2. The van der Waals surface area contributed by atoms with Gasteiger partial charge in [0, 0.05) is 16.5 Å². The number of rotatable bonds is 6. The fourth-order valence-corrected chi connectivity index (χ4v) is 4.16. The van der Waals surface area contributed by atoms with Crippen LogP contribution in [0.25, 0.3) is 21.9 Å². The third kappa shape index (κ3) is 3.10. The zero-order valence-corrected chi connectivity index (χ0v) is 16.7. The molecule has 0 unspecified atom stereocenters. The summed E-state index contributed by atoms with van der Waals surface area (Å²) in [5.41, 5.74) is 2.81. The normalized spacial score (nSPS) is 13.9. The molecule has 0 radical (unpaired) electrons. The molecule has 0 amide bonds. The molecule has 32 heavy (non-hydrogen) atoms. The molecule has 0 spiro atoms. The molecule has 0 aliphatic carbocycles. The molecule has 2 heterocycles. The van der Waals surface area contributed by atoms with Gasteiger partial charge in [-0.15, -0.1) is 0 Å². The molecule has 0 fully saturated rings. The van der Waals surface area contributed by atoms with Crippen LogP contribution in [0.5, 0.6) is 17.2 Å². The van der Waals surface area contributed by atoms with Gasteiger partial charge in [0.1, 0.15) is 12.4 Å². The van der Waals surface area contributed by atoms with Crippen LogP contribution in [0, 0.1) is 0 Å². The zero-order valence-electron chi connectivity index (χ0n) is 16.7. The van der Waals surface area contributed by atoms with Crippen LogP contribution in [0.4, 0.5) is 0 Å². The fraction of sp³-hybridized carbons (Fsp3) is 0.217. The molecule has 2 aliphatic heterocycles. The first kappa shape index (κ1) is 20.1. The molecule has 164 valence electrons. The Morgan fingerprint density at radius 2 is 1.66 bits per heavy atom. The Labute approximate surface area is 181 Å². The number of carbonyl (C=O) groups excluding carboxylic acids is 1. The Hall–Kier alpha value is -3.82. The highest BCUT2D eigenvalue weighted by atomic mass is 16.7. The minimum Gasteiger partial charge on any atom is -0.481 e. The van der Waals surface area contributed by atoms with Gasteiger partial charge in [0.15, 0.2) is 18.1 Å². The maximum Gasteiger partial charge on any atom is 0.341 e. The maximum absolute atomic E-state index is 12.8. The number of hydrogen-bond acceptors (Lipinski definition) is 8. The van der Waals surface area contributed by atoms with E-state index in [1.54, 1.807) is 30.3 Å². The summed E-state index contributed by atoms with van der Waals surface area (Å²) in [6.07, 6.45) is 0. The average molecular weight is 438 g/mol. The number of carboxylic acid groups (broad SMARTS) is 1. The van der Waals surface area contributed by atoms with Crippen LogP contribution in [0.2, 0.25) is 0 Å². The van der Waals surface area contributed by atoms with Gasteiger partial charge < -0.3 is 34.3 Å². The Morgan fingerprint density at radius 3 is 2.38 bits per heavy atom. The highest BCUT2D eigenvalue weighted by Gasteiger charge is 2.33. The first-order valence-corrected chi connectivity index (χ1v) is 9.79. The fourth-order valence-electron chi connectivity index (χ4n) is 4.16. The summed E-state index contributed by atoms with van der Waals surface area (Å²) in [5.74, 6) is -0.432. The van der Waals surface area contributed by atoms with Gasteiger partial charge in [-0.05, 0) is 46.3 Å². The van der Waals surface area contributed by atoms with Crippen LogP contribution in [-0.4, -0.2) is 40.7 Å². The van der Waals surface area contributed by atoms with Gasteiger partial charge in [-0.1, -0.05) is 6.07 Å². The third-order valence-corrected chi connectivity index (χ3v) is 5.57. The highest BCUT2D eigenvalue weighted by molar-refractivity contribution is 6.13. The van der Waals surface area contributed by atoms with Crippen molar-refractivity contribution in [2.45, 2.75) is 19.8 Å². The van der Waals surface area contributed by atoms with Crippen LogP contribution >= 0.6 is 0 Å². The number of esters is 1. The number of aliphatic hydroxyl groups is 2. The van der Waals surface area contributed by atoms with Crippen molar-refractivity contribution in [2.24, 2.45) is 0 Å². The molecule has 0 saturated heterocycles. The van der Waals surface area contributed by atoms with Crippen LogP contribution in [0.15, 0.2) is 30.3 Å². The van der Waals surface area contributed by atoms with E-state index in [4.69, 9.17) is 24.1 Å². The average Bonchev–Trinajstić information content (AvgIpc) is 3.42. The maximum atomic E-state index is 12.8. The number of aliphatic carboxylic acids is 1. The van der Waals surface area contributed by atoms with Gasteiger partial charge in [-0.25, -0.2) is 9.59 Å². The summed E-state index contributed by atoms with van der Waals surface area (Å²) in [7, 11) is 0. The molecule has 0 atom stereocenters. The second-order valence-electron chi connectivity index (χ2n) is 7.37. The van der Waals surface area contributed by atoms with Crippen molar-refractivity contribution in [3.05, 3.63) is 52.6 Å². The number of fused-ring (bicyclic) bond motifs is 3. The molecular formula is C23H18O9. The van der Waals surface area contributed by atoms with Crippen LogP contribution in [0.1, 0.15) is 27.0 Å². The van der Waals surface area contributed by atoms with Crippen molar-refractivity contribution in [1.82, 2.24) is 0 Å². The second kappa shape index (κ2) is 7.70. The summed E-state index contributed by atoms with van der Waals surface area (Å²) in [6.45, 7) is -1.27. The lowest BCUT2D eigenvalue weighted by Gasteiger charge is -2.19. The van der Waals surface area contributed by atoms with Gasteiger partial charge in [-0.3, -0.25) is 0 Å². The van der Waals surface area contributed by atoms with Crippen molar-refractivity contribution in [3.63, 3.8) is 0 Å². The third-order valence-electron chi connectivity index (χ3n) is 5.57. The lowest BCUT2D eigenvalue weighted by atomic mass is 9.87. The molecule has 3 aromatic carbocycles. The topological polar surface area (TPSA) is 132 Å². The van der Waals surface area contributed by atoms with Gasteiger partial charge in [0.2, 0.25) is 6.79 Å². The standard InChI is InChI=1S/C23H18O9/c24-6-12-3-14-15(4-13(12)7-25)22(29-9-19(26)27)16-8-30-23(28)21(16)20(14)11-1-2-17-18(5-11)32-10-31-17/h1-5,24-25H,6-10H2,(H,26,27). The Balaban J connectivity index is 1.87. The quantitative estimate of drug-likeness (QED) is 0.496. The van der Waals surface area contributed by atoms with Crippen molar-refractivity contribution in [1.29, 1.82) is 0 Å². The molecule has 3 aromatic rings. The molecule has 2 aliphatic rings. The summed E-state index contributed by atoms with van der Waals surface area (Å²) in [4.78, 5) is 23.9. The number of carbonyl (C=O) groups is 2. The first-order valence-electron chi connectivity index (χ1n) is 9.79. The largest absolute Gasteiger partial charge is 0.481 e.